The highest BCUT2D eigenvalue weighted by Gasteiger charge is 2.01. The highest BCUT2D eigenvalue weighted by Crippen LogP contribution is 2.25. The second-order valence-corrected chi connectivity index (χ2v) is 3.74. The molecule has 0 bridgehead atoms. The summed E-state index contributed by atoms with van der Waals surface area (Å²) in [7, 11) is 0. The van der Waals surface area contributed by atoms with Gasteiger partial charge in [-0.1, -0.05) is 41.9 Å². The zero-order chi connectivity index (χ0) is 9.84. The predicted molar refractivity (Wildman–Crippen MR) is 59.7 cm³/mol. The highest BCUT2D eigenvalue weighted by atomic mass is 35.5. The van der Waals surface area contributed by atoms with Crippen LogP contribution in [0.15, 0.2) is 29.8 Å². The molecule has 0 aliphatic heterocycles. The van der Waals surface area contributed by atoms with Crippen LogP contribution in [0.2, 0.25) is 5.02 Å². The van der Waals surface area contributed by atoms with Crippen molar-refractivity contribution in [2.45, 2.75) is 6.92 Å². The van der Waals surface area contributed by atoms with E-state index in [4.69, 9.17) is 23.2 Å². The van der Waals surface area contributed by atoms with Crippen LogP contribution in [0.25, 0.3) is 0 Å². The van der Waals surface area contributed by atoms with Crippen molar-refractivity contribution < 1.29 is 0 Å². The molecule has 0 saturated carbocycles. The fraction of sp³-hybridized carbons (Fsp3) is 0.200. The molecule has 1 aromatic rings. The molecule has 0 atom stereocenters. The van der Waals surface area contributed by atoms with Gasteiger partial charge in [-0.05, 0) is 18.6 Å². The molecule has 0 aliphatic rings. The molecule has 1 rings (SSSR count). The molecule has 0 saturated heterocycles. The first kappa shape index (κ1) is 10.4. The highest BCUT2D eigenvalue weighted by molar-refractivity contribution is 6.33. The predicted octanol–water partition coefficient (Wildman–Crippen LogP) is 3.81. The normalized spacial score (nSPS) is 9.77. The van der Waals surface area contributed by atoms with Gasteiger partial charge in [0.25, 0.3) is 0 Å². The van der Waals surface area contributed by atoms with Crippen molar-refractivity contribution in [3.05, 3.63) is 40.4 Å². The molecule has 0 spiro atoms. The second-order valence-electron chi connectivity index (χ2n) is 2.80. The van der Waals surface area contributed by atoms with Gasteiger partial charge in [-0.25, -0.2) is 0 Å². The van der Waals surface area contributed by atoms with Crippen LogP contribution in [0.1, 0.15) is 5.56 Å². The minimum absolute atomic E-state index is 0.534. The van der Waals surface area contributed by atoms with Gasteiger partial charge in [0, 0.05) is 5.03 Å². The third-order valence-electron chi connectivity index (χ3n) is 1.68. The Morgan fingerprint density at radius 3 is 2.77 bits per heavy atom. The molecule has 0 aromatic heterocycles. The Kier molecular flexibility index (Phi) is 3.64. The molecule has 0 unspecified atom stereocenters. The van der Waals surface area contributed by atoms with Crippen molar-refractivity contribution in [1.29, 1.82) is 0 Å². The Morgan fingerprint density at radius 1 is 1.54 bits per heavy atom. The molecule has 0 aliphatic carbocycles. The fourth-order valence-corrected chi connectivity index (χ4v) is 1.40. The minimum Gasteiger partial charge on any atom is -0.379 e. The van der Waals surface area contributed by atoms with Gasteiger partial charge in [-0.2, -0.15) is 0 Å². The molecule has 3 heteroatoms. The number of benzene rings is 1. The van der Waals surface area contributed by atoms with E-state index in [1.807, 2.05) is 25.1 Å². The number of nitrogens with one attached hydrogen (secondary N) is 1. The van der Waals surface area contributed by atoms with Crippen LogP contribution in [0.4, 0.5) is 5.69 Å². The van der Waals surface area contributed by atoms with Gasteiger partial charge in [0.15, 0.2) is 0 Å². The maximum atomic E-state index is 5.98. The van der Waals surface area contributed by atoms with Crippen LogP contribution < -0.4 is 5.32 Å². The summed E-state index contributed by atoms with van der Waals surface area (Å²) in [5, 5.41) is 4.39. The second kappa shape index (κ2) is 4.54. The van der Waals surface area contributed by atoms with Gasteiger partial charge >= 0.3 is 0 Å². The zero-order valence-electron chi connectivity index (χ0n) is 7.40. The van der Waals surface area contributed by atoms with E-state index in [2.05, 4.69) is 11.9 Å². The molecule has 0 heterocycles. The summed E-state index contributed by atoms with van der Waals surface area (Å²) in [6.07, 6.45) is 0. The van der Waals surface area contributed by atoms with E-state index in [9.17, 15) is 0 Å². The Morgan fingerprint density at radius 2 is 2.23 bits per heavy atom. The quantitative estimate of drug-likeness (QED) is 0.809. The van der Waals surface area contributed by atoms with Crippen molar-refractivity contribution in [2.75, 3.05) is 11.9 Å². The van der Waals surface area contributed by atoms with Crippen LogP contribution in [0, 0.1) is 6.92 Å². The average molecular weight is 216 g/mol. The lowest BCUT2D eigenvalue weighted by molar-refractivity contribution is 1.29. The van der Waals surface area contributed by atoms with Gasteiger partial charge < -0.3 is 5.32 Å². The number of hydrogen-bond donors (Lipinski definition) is 1. The van der Waals surface area contributed by atoms with E-state index in [0.29, 0.717) is 16.6 Å². The van der Waals surface area contributed by atoms with Crippen LogP contribution in [0.3, 0.4) is 0 Å². The fourth-order valence-electron chi connectivity index (χ4n) is 1.04. The zero-order valence-corrected chi connectivity index (χ0v) is 8.91. The molecule has 0 fully saturated rings. The molecule has 13 heavy (non-hydrogen) atoms. The van der Waals surface area contributed by atoms with Gasteiger partial charge in [0.1, 0.15) is 0 Å². The summed E-state index contributed by atoms with van der Waals surface area (Å²) in [5.74, 6) is 0. The van der Waals surface area contributed by atoms with Crippen molar-refractivity contribution >= 4 is 28.9 Å². The first-order valence-corrected chi connectivity index (χ1v) is 4.69. The average Bonchev–Trinajstić information content (AvgIpc) is 2.03. The van der Waals surface area contributed by atoms with E-state index >= 15 is 0 Å². The summed E-state index contributed by atoms with van der Waals surface area (Å²) >= 11 is 11.6. The van der Waals surface area contributed by atoms with E-state index < -0.39 is 0 Å². The lowest BCUT2D eigenvalue weighted by atomic mass is 10.2. The molecule has 1 aromatic carbocycles. The van der Waals surface area contributed by atoms with Crippen LogP contribution >= 0.6 is 23.2 Å². The number of halogens is 2. The Labute approximate surface area is 88.4 Å². The van der Waals surface area contributed by atoms with Crippen LogP contribution in [-0.2, 0) is 0 Å². The molecule has 70 valence electrons. The maximum absolute atomic E-state index is 5.98. The minimum atomic E-state index is 0.534. The standard InChI is InChI=1S/C10H11Cl2N/c1-7-4-3-5-9(12)10(7)13-6-8(2)11/h3-5,13H,2,6H2,1H3. The summed E-state index contributed by atoms with van der Waals surface area (Å²) in [6.45, 7) is 6.11. The van der Waals surface area contributed by atoms with E-state index in [-0.39, 0.29) is 0 Å². The maximum Gasteiger partial charge on any atom is 0.0640 e. The largest absolute Gasteiger partial charge is 0.379 e. The summed E-state index contributed by atoms with van der Waals surface area (Å²) in [4.78, 5) is 0. The van der Waals surface area contributed by atoms with Crippen molar-refractivity contribution in [2.24, 2.45) is 0 Å². The SMILES string of the molecule is C=C(Cl)CNc1c(C)cccc1Cl. The Bertz CT molecular complexity index is 300. The van der Waals surface area contributed by atoms with E-state index in [1.54, 1.807) is 0 Å². The van der Waals surface area contributed by atoms with E-state index in [1.165, 1.54) is 0 Å². The van der Waals surface area contributed by atoms with Crippen LogP contribution in [-0.4, -0.2) is 6.54 Å². The Balaban J connectivity index is 2.81. The molecule has 1 N–H and O–H groups in total. The number of aryl methyl sites for hydroxylation is 1. The first-order chi connectivity index (χ1) is 6.11. The lowest BCUT2D eigenvalue weighted by Gasteiger charge is -2.09. The van der Waals surface area contributed by atoms with Gasteiger partial charge in [0.05, 0.1) is 17.3 Å². The van der Waals surface area contributed by atoms with Crippen molar-refractivity contribution in [3.63, 3.8) is 0 Å². The van der Waals surface area contributed by atoms with Crippen molar-refractivity contribution in [3.8, 4) is 0 Å². The molecule has 0 amide bonds. The number of anilines is 1. The number of hydrogen-bond acceptors (Lipinski definition) is 1. The van der Waals surface area contributed by atoms with Gasteiger partial charge in [-0.15, -0.1) is 0 Å². The topological polar surface area (TPSA) is 12.0 Å². The molecular weight excluding hydrogens is 205 g/mol. The lowest BCUT2D eigenvalue weighted by Crippen LogP contribution is -2.02. The monoisotopic (exact) mass is 215 g/mol. The molecular formula is C10H11Cl2N. The third-order valence-corrected chi connectivity index (χ3v) is 2.13. The summed E-state index contributed by atoms with van der Waals surface area (Å²) in [5.41, 5.74) is 2.02. The van der Waals surface area contributed by atoms with Gasteiger partial charge in [-0.3, -0.25) is 0 Å². The Hall–Kier alpha value is -0.660. The summed E-state index contributed by atoms with van der Waals surface area (Å²) in [6, 6.07) is 5.75. The number of para-hydroxylation sites is 1. The summed E-state index contributed by atoms with van der Waals surface area (Å²) < 4.78 is 0. The first-order valence-electron chi connectivity index (χ1n) is 3.93. The molecule has 1 nitrogen and oxygen atoms in total. The third kappa shape index (κ3) is 2.94. The number of rotatable bonds is 3. The van der Waals surface area contributed by atoms with E-state index in [0.717, 1.165) is 11.3 Å². The van der Waals surface area contributed by atoms with Crippen LogP contribution in [0.5, 0.6) is 0 Å². The smallest absolute Gasteiger partial charge is 0.0640 e. The molecule has 0 radical (unpaired) electrons. The van der Waals surface area contributed by atoms with Gasteiger partial charge in [0.2, 0.25) is 0 Å². The van der Waals surface area contributed by atoms with Crippen molar-refractivity contribution in [1.82, 2.24) is 0 Å².